The molecule has 0 aliphatic carbocycles. The van der Waals surface area contributed by atoms with E-state index in [9.17, 15) is 13.2 Å². The minimum atomic E-state index is -3.84. The molecule has 0 aromatic rings. The number of carbonyl (C=O) groups excluding carboxylic acids is 1. The van der Waals surface area contributed by atoms with Crippen LogP contribution < -0.4 is 5.73 Å². The normalized spacial score (nSPS) is 10.3. The Morgan fingerprint density at radius 2 is 1.57 bits per heavy atom. The molecule has 79 valence electrons. The van der Waals surface area contributed by atoms with Crippen LogP contribution in [0.3, 0.4) is 0 Å². The molecule has 7 heteroatoms. The Labute approximate surface area is 127 Å². The first-order chi connectivity index (χ1) is 5.52. The van der Waals surface area contributed by atoms with E-state index in [2.05, 4.69) is 12.3 Å². The van der Waals surface area contributed by atoms with Gasteiger partial charge in [0.1, 0.15) is 0 Å². The van der Waals surface area contributed by atoms with E-state index in [-0.39, 0.29) is 51.4 Å². The van der Waals surface area contributed by atoms with Crippen LogP contribution in [0.2, 0.25) is 0 Å². The molecule has 5 nitrogen and oxygen atoms in total. The zero-order valence-corrected chi connectivity index (χ0v) is 12.9. The molecule has 0 unspecified atom stereocenters. The Bertz CT molecular complexity index is 279. The first-order valence-corrected chi connectivity index (χ1v) is 4.85. The van der Waals surface area contributed by atoms with Gasteiger partial charge < -0.3 is 5.73 Å². The van der Waals surface area contributed by atoms with Crippen molar-refractivity contribution in [1.82, 2.24) is 0 Å². The van der Waals surface area contributed by atoms with Crippen molar-refractivity contribution in [2.45, 2.75) is 25.5 Å². The number of hydrogen-bond donors (Lipinski definition) is 2. The van der Waals surface area contributed by atoms with Crippen LogP contribution in [0.15, 0.2) is 12.7 Å². The maximum Gasteiger partial charge on any atom is 0.269 e. The smallest absolute Gasteiger partial charge is 0.269 e. The second-order valence-electron chi connectivity index (χ2n) is 3.19. The van der Waals surface area contributed by atoms with Gasteiger partial charge in [-0.3, -0.25) is 9.35 Å². The zero-order valence-electron chi connectivity index (χ0n) is 8.94. The molecule has 0 aliphatic heterocycles. The molecule has 1 radical (unpaired) electrons. The van der Waals surface area contributed by atoms with E-state index >= 15 is 0 Å². The largest absolute Gasteiger partial charge is 0.366 e. The summed E-state index contributed by atoms with van der Waals surface area (Å²) in [7, 11) is -3.84. The van der Waals surface area contributed by atoms with Crippen molar-refractivity contribution < 1.29 is 17.8 Å². The molecular formula is C7H15KNO4S. The molecule has 0 aromatic carbocycles. The number of amides is 1. The van der Waals surface area contributed by atoms with Crippen LogP contribution in [0.25, 0.3) is 0 Å². The quantitative estimate of drug-likeness (QED) is 0.386. The van der Waals surface area contributed by atoms with E-state index < -0.39 is 20.8 Å². The third kappa shape index (κ3) is 12.8. The fraction of sp³-hybridized carbons (Fsp3) is 0.571. The summed E-state index contributed by atoms with van der Waals surface area (Å²) in [6.07, 6.45) is 1.06. The average Bonchev–Trinajstić information content (AvgIpc) is 1.84. The third-order valence-electron chi connectivity index (χ3n) is 0.975. The van der Waals surface area contributed by atoms with Gasteiger partial charge in [-0.2, -0.15) is 8.42 Å². The predicted octanol–water partition coefficient (Wildman–Crippen LogP) is -0.0504. The fourth-order valence-electron chi connectivity index (χ4n) is 0. The molecule has 0 saturated carbocycles. The Morgan fingerprint density at radius 1 is 1.43 bits per heavy atom. The first-order valence-electron chi connectivity index (χ1n) is 3.41. The van der Waals surface area contributed by atoms with E-state index in [4.69, 9.17) is 4.55 Å². The summed E-state index contributed by atoms with van der Waals surface area (Å²) < 4.78 is 27.7. The van der Waals surface area contributed by atoms with Crippen LogP contribution in [0.4, 0.5) is 0 Å². The summed E-state index contributed by atoms with van der Waals surface area (Å²) in [5.41, 5.74) is 4.53. The molecule has 0 saturated heterocycles. The minimum absolute atomic E-state index is 0. The van der Waals surface area contributed by atoms with Gasteiger partial charge in [-0.1, -0.05) is 6.58 Å². The first kappa shape index (κ1) is 20.2. The number of rotatable bonds is 1. The van der Waals surface area contributed by atoms with Crippen molar-refractivity contribution in [3.8, 4) is 0 Å². The molecule has 0 atom stereocenters. The Morgan fingerprint density at radius 3 is 1.57 bits per heavy atom. The van der Waals surface area contributed by atoms with Crippen molar-refractivity contribution >= 4 is 67.4 Å². The van der Waals surface area contributed by atoms with Gasteiger partial charge in [0.15, 0.2) is 0 Å². The Balaban J connectivity index is -0.000000177. The van der Waals surface area contributed by atoms with Crippen LogP contribution in [-0.2, 0) is 14.9 Å². The Hall–Kier alpha value is 0.756. The van der Waals surface area contributed by atoms with Crippen LogP contribution in [-0.4, -0.2) is 75.0 Å². The molecule has 0 rings (SSSR count). The molecule has 0 aliphatic rings. The number of hydrogen-bond acceptors (Lipinski definition) is 3. The van der Waals surface area contributed by atoms with Crippen LogP contribution in [0.1, 0.15) is 20.8 Å². The molecule has 14 heavy (non-hydrogen) atoms. The van der Waals surface area contributed by atoms with Crippen molar-refractivity contribution in [3.05, 3.63) is 12.7 Å². The van der Waals surface area contributed by atoms with Gasteiger partial charge in [0, 0.05) is 51.4 Å². The zero-order chi connectivity index (χ0) is 11.3. The second-order valence-corrected chi connectivity index (χ2v) is 5.37. The third-order valence-corrected chi connectivity index (χ3v) is 2.52. The Kier molecular flexibility index (Phi) is 11.5. The summed E-state index contributed by atoms with van der Waals surface area (Å²) in [5.74, 6) is -0.481. The molecular weight excluding hydrogens is 233 g/mol. The number of primary amides is 1. The van der Waals surface area contributed by atoms with Crippen LogP contribution in [0, 0.1) is 0 Å². The van der Waals surface area contributed by atoms with Crippen molar-refractivity contribution in [2.24, 2.45) is 5.73 Å². The van der Waals surface area contributed by atoms with Gasteiger partial charge in [-0.05, 0) is 26.8 Å². The van der Waals surface area contributed by atoms with E-state index in [1.54, 1.807) is 0 Å². The topological polar surface area (TPSA) is 97.5 Å². The van der Waals surface area contributed by atoms with Crippen molar-refractivity contribution in [3.63, 3.8) is 0 Å². The van der Waals surface area contributed by atoms with Crippen molar-refractivity contribution in [2.75, 3.05) is 0 Å². The molecule has 0 spiro atoms. The summed E-state index contributed by atoms with van der Waals surface area (Å²) in [6.45, 7) is 7.38. The molecule has 0 aromatic heterocycles. The van der Waals surface area contributed by atoms with Gasteiger partial charge in [0.05, 0.1) is 4.75 Å². The van der Waals surface area contributed by atoms with Gasteiger partial charge >= 0.3 is 0 Å². The second kappa shape index (κ2) is 7.97. The summed E-state index contributed by atoms with van der Waals surface area (Å²) in [5, 5.41) is 0. The van der Waals surface area contributed by atoms with E-state index in [1.165, 1.54) is 20.8 Å². The van der Waals surface area contributed by atoms with Crippen LogP contribution in [0.5, 0.6) is 0 Å². The number of nitrogens with two attached hydrogens (primary N) is 1. The SMILES string of the molecule is C=CC(N)=O.CC(C)(C)S(=O)(=O)O.[K]. The monoisotopic (exact) mass is 248 g/mol. The molecule has 0 fully saturated rings. The van der Waals surface area contributed by atoms with Crippen LogP contribution >= 0.6 is 0 Å². The minimum Gasteiger partial charge on any atom is -0.366 e. The van der Waals surface area contributed by atoms with Gasteiger partial charge in [-0.25, -0.2) is 0 Å². The number of carbonyl (C=O) groups is 1. The molecule has 1 amide bonds. The molecule has 0 bridgehead atoms. The fourth-order valence-corrected chi connectivity index (χ4v) is 0. The van der Waals surface area contributed by atoms with Gasteiger partial charge in [0.25, 0.3) is 10.1 Å². The summed E-state index contributed by atoms with van der Waals surface area (Å²) >= 11 is 0. The summed E-state index contributed by atoms with van der Waals surface area (Å²) in [4.78, 5) is 9.47. The van der Waals surface area contributed by atoms with Crippen molar-refractivity contribution in [1.29, 1.82) is 0 Å². The maximum atomic E-state index is 10.2. The summed E-state index contributed by atoms with van der Waals surface area (Å²) in [6, 6.07) is 0. The van der Waals surface area contributed by atoms with Gasteiger partial charge in [0.2, 0.25) is 5.91 Å². The maximum absolute atomic E-state index is 10.2. The molecule has 3 N–H and O–H groups in total. The predicted molar refractivity (Wildman–Crippen MR) is 56.4 cm³/mol. The average molecular weight is 248 g/mol. The van der Waals surface area contributed by atoms with Gasteiger partial charge in [-0.15, -0.1) is 0 Å². The molecule has 0 heterocycles. The van der Waals surface area contributed by atoms with E-state index in [1.807, 2.05) is 0 Å². The standard InChI is InChI=1S/C4H10O3S.C3H5NO.K/c1-4(2,3)8(5,6)7;1-2-3(4)5;/h1-3H3,(H,5,6,7);2H,1H2,(H2,4,5);. The van der Waals surface area contributed by atoms with E-state index in [0.29, 0.717) is 0 Å². The van der Waals surface area contributed by atoms with E-state index in [0.717, 1.165) is 6.08 Å².